The molecule has 94 valence electrons. The highest BCUT2D eigenvalue weighted by Gasteiger charge is 2.19. The van der Waals surface area contributed by atoms with E-state index in [-0.39, 0.29) is 5.82 Å². The highest BCUT2D eigenvalue weighted by atomic mass is 35.5. The number of benzene rings is 1. The van der Waals surface area contributed by atoms with Crippen molar-refractivity contribution in [3.8, 4) is 5.69 Å². The molecule has 0 N–H and O–H groups in total. The maximum absolute atomic E-state index is 14.1. The average Bonchev–Trinajstić information content (AvgIpc) is 2.82. The van der Waals surface area contributed by atoms with Gasteiger partial charge in [0.05, 0.1) is 17.7 Å². The third-order valence-corrected chi connectivity index (χ3v) is 3.77. The van der Waals surface area contributed by atoms with Gasteiger partial charge < -0.3 is 0 Å². The van der Waals surface area contributed by atoms with Gasteiger partial charge in [0.1, 0.15) is 5.82 Å². The number of rotatable bonds is 2. The summed E-state index contributed by atoms with van der Waals surface area (Å²) < 4.78 is 15.9. The summed E-state index contributed by atoms with van der Waals surface area (Å²) in [5.74, 6) is 0.0685. The van der Waals surface area contributed by atoms with Crippen LogP contribution in [0.5, 0.6) is 0 Å². The van der Waals surface area contributed by atoms with Crippen LogP contribution < -0.4 is 0 Å². The summed E-state index contributed by atoms with van der Waals surface area (Å²) >= 11 is 5.90. The van der Waals surface area contributed by atoms with Crippen LogP contribution in [-0.2, 0) is 18.7 Å². The van der Waals surface area contributed by atoms with E-state index in [1.54, 1.807) is 12.4 Å². The van der Waals surface area contributed by atoms with Crippen LogP contribution in [0.2, 0.25) is 0 Å². The van der Waals surface area contributed by atoms with Gasteiger partial charge >= 0.3 is 0 Å². The van der Waals surface area contributed by atoms with Gasteiger partial charge in [-0.3, -0.25) is 4.57 Å². The lowest BCUT2D eigenvalue weighted by molar-refractivity contribution is 0.606. The summed E-state index contributed by atoms with van der Waals surface area (Å²) in [6, 6.07) is 5.03. The zero-order chi connectivity index (χ0) is 12.5. The summed E-state index contributed by atoms with van der Waals surface area (Å²) in [5, 5.41) is 0. The van der Waals surface area contributed by atoms with Crippen LogP contribution in [0.4, 0.5) is 4.39 Å². The lowest BCUT2D eigenvalue weighted by Crippen LogP contribution is -2.09. The fourth-order valence-electron chi connectivity index (χ4n) is 2.60. The standard InChI is InChI=1S/C14H14ClFN2/c15-8-10-4-3-5-11(16)14(10)18-9-17-12-6-1-2-7-13(12)18/h3-5,9H,1-2,6-8H2. The SMILES string of the molecule is Fc1cccc(CCl)c1-n1cnc2c1CCCC2. The molecule has 1 aliphatic carbocycles. The van der Waals surface area contributed by atoms with Gasteiger partial charge in [0.15, 0.2) is 0 Å². The molecule has 0 amide bonds. The zero-order valence-corrected chi connectivity index (χ0v) is 10.8. The Hall–Kier alpha value is -1.35. The first-order valence-electron chi connectivity index (χ1n) is 6.20. The monoisotopic (exact) mass is 264 g/mol. The highest BCUT2D eigenvalue weighted by molar-refractivity contribution is 6.17. The molecular weight excluding hydrogens is 251 g/mol. The minimum absolute atomic E-state index is 0.237. The number of alkyl halides is 1. The Balaban J connectivity index is 2.18. The van der Waals surface area contributed by atoms with Crippen molar-refractivity contribution in [3.63, 3.8) is 0 Å². The van der Waals surface area contributed by atoms with Crippen LogP contribution in [-0.4, -0.2) is 9.55 Å². The summed E-state index contributed by atoms with van der Waals surface area (Å²) in [6.45, 7) is 0. The fraction of sp³-hybridized carbons (Fsp3) is 0.357. The molecule has 1 aromatic heterocycles. The van der Waals surface area contributed by atoms with E-state index in [0.29, 0.717) is 11.6 Å². The van der Waals surface area contributed by atoms with Gasteiger partial charge in [-0.1, -0.05) is 12.1 Å². The lowest BCUT2D eigenvalue weighted by Gasteiger charge is -2.16. The van der Waals surface area contributed by atoms with Gasteiger partial charge in [-0.05, 0) is 37.3 Å². The van der Waals surface area contributed by atoms with E-state index in [9.17, 15) is 4.39 Å². The predicted octanol–water partition coefficient (Wildman–Crippen LogP) is 3.63. The van der Waals surface area contributed by atoms with Gasteiger partial charge in [0, 0.05) is 11.6 Å². The van der Waals surface area contributed by atoms with E-state index < -0.39 is 0 Å². The van der Waals surface area contributed by atoms with E-state index >= 15 is 0 Å². The van der Waals surface area contributed by atoms with Crippen molar-refractivity contribution in [1.82, 2.24) is 9.55 Å². The molecule has 0 saturated carbocycles. The first-order chi connectivity index (χ1) is 8.81. The molecule has 2 nitrogen and oxygen atoms in total. The van der Waals surface area contributed by atoms with Crippen LogP contribution >= 0.6 is 11.6 Å². The van der Waals surface area contributed by atoms with Crippen molar-refractivity contribution in [3.05, 3.63) is 47.3 Å². The van der Waals surface area contributed by atoms with Gasteiger partial charge in [-0.25, -0.2) is 9.37 Å². The Labute approximate surface area is 110 Å². The smallest absolute Gasteiger partial charge is 0.147 e. The second-order valence-corrected chi connectivity index (χ2v) is 4.86. The molecule has 18 heavy (non-hydrogen) atoms. The van der Waals surface area contributed by atoms with Gasteiger partial charge in [0.2, 0.25) is 0 Å². The molecule has 0 bridgehead atoms. The number of aryl methyl sites for hydroxylation is 1. The first-order valence-corrected chi connectivity index (χ1v) is 6.73. The van der Waals surface area contributed by atoms with E-state index in [1.807, 2.05) is 10.6 Å². The summed E-state index contributed by atoms with van der Waals surface area (Å²) in [5.41, 5.74) is 3.60. The number of para-hydroxylation sites is 1. The van der Waals surface area contributed by atoms with Crippen LogP contribution in [0.1, 0.15) is 29.8 Å². The molecule has 0 fully saturated rings. The second kappa shape index (κ2) is 4.73. The van der Waals surface area contributed by atoms with Crippen LogP contribution in [0.25, 0.3) is 5.69 Å². The molecule has 3 rings (SSSR count). The molecule has 0 spiro atoms. The van der Waals surface area contributed by atoms with Crippen molar-refractivity contribution in [2.24, 2.45) is 0 Å². The number of nitrogens with zero attached hydrogens (tertiary/aromatic N) is 2. The Bertz CT molecular complexity index is 577. The average molecular weight is 265 g/mol. The van der Waals surface area contributed by atoms with Gasteiger partial charge in [-0.15, -0.1) is 11.6 Å². The number of fused-ring (bicyclic) bond motifs is 1. The molecule has 0 radical (unpaired) electrons. The van der Waals surface area contributed by atoms with Gasteiger partial charge in [-0.2, -0.15) is 0 Å². The summed E-state index contributed by atoms with van der Waals surface area (Å²) in [6.07, 6.45) is 6.00. The van der Waals surface area contributed by atoms with Crippen molar-refractivity contribution in [2.45, 2.75) is 31.6 Å². The van der Waals surface area contributed by atoms with E-state index in [0.717, 1.165) is 36.2 Å². The van der Waals surface area contributed by atoms with Crippen molar-refractivity contribution < 1.29 is 4.39 Å². The number of halogens is 2. The maximum Gasteiger partial charge on any atom is 0.147 e. The molecule has 0 atom stereocenters. The Morgan fingerprint density at radius 3 is 2.94 bits per heavy atom. The third kappa shape index (κ3) is 1.83. The van der Waals surface area contributed by atoms with Crippen LogP contribution in [0.15, 0.2) is 24.5 Å². The maximum atomic E-state index is 14.1. The van der Waals surface area contributed by atoms with E-state index in [1.165, 1.54) is 12.5 Å². The molecule has 0 unspecified atom stereocenters. The quantitative estimate of drug-likeness (QED) is 0.758. The zero-order valence-electron chi connectivity index (χ0n) is 10.00. The normalized spacial score (nSPS) is 14.6. The van der Waals surface area contributed by atoms with Crippen molar-refractivity contribution >= 4 is 11.6 Å². The molecule has 1 heterocycles. The largest absolute Gasteiger partial charge is 0.300 e. The van der Waals surface area contributed by atoms with Crippen molar-refractivity contribution in [1.29, 1.82) is 0 Å². The predicted molar refractivity (Wildman–Crippen MR) is 69.7 cm³/mol. The number of imidazole rings is 1. The molecule has 1 aromatic carbocycles. The molecule has 0 saturated heterocycles. The molecular formula is C14H14ClFN2. The first kappa shape index (κ1) is 11.7. The summed E-state index contributed by atoms with van der Waals surface area (Å²) in [7, 11) is 0. The van der Waals surface area contributed by atoms with E-state index in [4.69, 9.17) is 11.6 Å². The van der Waals surface area contributed by atoms with E-state index in [2.05, 4.69) is 4.98 Å². The van der Waals surface area contributed by atoms with Crippen LogP contribution in [0.3, 0.4) is 0 Å². The number of hydrogen-bond donors (Lipinski definition) is 0. The molecule has 0 aliphatic heterocycles. The lowest BCUT2D eigenvalue weighted by atomic mass is 10.0. The fourth-order valence-corrected chi connectivity index (χ4v) is 2.82. The molecule has 1 aliphatic rings. The topological polar surface area (TPSA) is 17.8 Å². The van der Waals surface area contributed by atoms with Gasteiger partial charge in [0.25, 0.3) is 0 Å². The number of hydrogen-bond acceptors (Lipinski definition) is 1. The molecule has 2 aromatic rings. The van der Waals surface area contributed by atoms with Crippen LogP contribution in [0, 0.1) is 5.82 Å². The Kier molecular flexibility index (Phi) is 3.08. The summed E-state index contributed by atoms with van der Waals surface area (Å²) in [4.78, 5) is 4.40. The minimum Gasteiger partial charge on any atom is -0.300 e. The Morgan fingerprint density at radius 1 is 1.28 bits per heavy atom. The third-order valence-electron chi connectivity index (χ3n) is 3.49. The second-order valence-electron chi connectivity index (χ2n) is 4.60. The Morgan fingerprint density at radius 2 is 2.11 bits per heavy atom. The highest BCUT2D eigenvalue weighted by Crippen LogP contribution is 2.27. The van der Waals surface area contributed by atoms with Crippen molar-refractivity contribution in [2.75, 3.05) is 0 Å². The number of aromatic nitrogens is 2. The minimum atomic E-state index is -0.237. The molecule has 4 heteroatoms.